The second-order valence-electron chi connectivity index (χ2n) is 5.62. The van der Waals surface area contributed by atoms with E-state index in [4.69, 9.17) is 4.74 Å². The third kappa shape index (κ3) is 2.55. The predicted octanol–water partition coefficient (Wildman–Crippen LogP) is 2.02. The molecule has 2 amide bonds. The van der Waals surface area contributed by atoms with Gasteiger partial charge in [-0.3, -0.25) is 19.6 Å². The molecule has 2 heterocycles. The summed E-state index contributed by atoms with van der Waals surface area (Å²) in [5.41, 5.74) is 1.86. The number of esters is 1. The molecule has 0 fully saturated rings. The number of hydrogen-bond donors (Lipinski definition) is 1. The Hall–Kier alpha value is -3.48. The van der Waals surface area contributed by atoms with E-state index in [0.29, 0.717) is 16.7 Å². The molecule has 2 aromatic carbocycles. The third-order valence-corrected chi connectivity index (χ3v) is 4.10. The lowest BCUT2D eigenvalue weighted by atomic mass is 10.1. The van der Waals surface area contributed by atoms with Crippen LogP contribution in [0.25, 0.3) is 10.9 Å². The number of H-pyrrole nitrogens is 1. The van der Waals surface area contributed by atoms with E-state index in [0.717, 1.165) is 15.8 Å². The van der Waals surface area contributed by atoms with E-state index in [1.807, 2.05) is 0 Å². The van der Waals surface area contributed by atoms with Gasteiger partial charge in [0.25, 0.3) is 11.8 Å². The summed E-state index contributed by atoms with van der Waals surface area (Å²) in [4.78, 5) is 37.7. The molecule has 7 nitrogen and oxygen atoms in total. The lowest BCUT2D eigenvalue weighted by Crippen LogP contribution is -2.33. The average Bonchev–Trinajstić information content (AvgIpc) is 3.20. The molecule has 0 unspecified atom stereocenters. The van der Waals surface area contributed by atoms with Gasteiger partial charge in [0, 0.05) is 5.39 Å². The molecule has 1 N–H and O–H groups in total. The molecule has 0 spiro atoms. The smallest absolute Gasteiger partial charge is 0.338 e. The Morgan fingerprint density at radius 3 is 2.52 bits per heavy atom. The van der Waals surface area contributed by atoms with Crippen LogP contribution < -0.4 is 0 Å². The summed E-state index contributed by atoms with van der Waals surface area (Å²) >= 11 is 0. The number of imide groups is 1. The molecule has 1 aliphatic heterocycles. The van der Waals surface area contributed by atoms with Crippen molar-refractivity contribution in [2.24, 2.45) is 0 Å². The van der Waals surface area contributed by atoms with Crippen molar-refractivity contribution in [1.29, 1.82) is 0 Å². The minimum Gasteiger partial charge on any atom is -0.460 e. The number of carbonyl (C=O) groups excluding carboxylic acids is 3. The summed E-state index contributed by atoms with van der Waals surface area (Å²) in [6, 6.07) is 11.7. The number of nitrogens with one attached hydrogen (secondary N) is 1. The van der Waals surface area contributed by atoms with E-state index in [2.05, 4.69) is 10.2 Å². The fourth-order valence-corrected chi connectivity index (χ4v) is 2.82. The first-order valence-corrected chi connectivity index (χ1v) is 7.70. The highest BCUT2D eigenvalue weighted by Crippen LogP contribution is 2.22. The fourth-order valence-electron chi connectivity index (χ4n) is 2.82. The van der Waals surface area contributed by atoms with E-state index >= 15 is 0 Å². The topological polar surface area (TPSA) is 92.4 Å². The molecule has 0 saturated carbocycles. The van der Waals surface area contributed by atoms with Crippen molar-refractivity contribution in [2.45, 2.75) is 0 Å². The number of hydrogen-bond acceptors (Lipinski definition) is 5. The normalized spacial score (nSPS) is 13.4. The van der Waals surface area contributed by atoms with E-state index in [9.17, 15) is 14.4 Å². The van der Waals surface area contributed by atoms with Crippen LogP contribution >= 0.6 is 0 Å². The largest absolute Gasteiger partial charge is 0.460 e. The molecular weight excluding hydrogens is 322 g/mol. The lowest BCUT2D eigenvalue weighted by Gasteiger charge is -2.13. The highest BCUT2D eigenvalue weighted by Gasteiger charge is 2.34. The van der Waals surface area contributed by atoms with Gasteiger partial charge in [0.05, 0.1) is 34.9 Å². The average molecular weight is 335 g/mol. The van der Waals surface area contributed by atoms with E-state index in [1.54, 1.807) is 48.7 Å². The van der Waals surface area contributed by atoms with E-state index in [1.165, 1.54) is 0 Å². The van der Waals surface area contributed by atoms with Crippen molar-refractivity contribution in [1.82, 2.24) is 15.1 Å². The number of amides is 2. The van der Waals surface area contributed by atoms with Crippen LogP contribution in [0.5, 0.6) is 0 Å². The van der Waals surface area contributed by atoms with Crippen LogP contribution in [0.15, 0.2) is 48.7 Å². The first-order chi connectivity index (χ1) is 12.1. The van der Waals surface area contributed by atoms with Crippen molar-refractivity contribution in [2.75, 3.05) is 13.2 Å². The fraction of sp³-hybridized carbons (Fsp3) is 0.111. The summed E-state index contributed by atoms with van der Waals surface area (Å²) in [6.07, 6.45) is 1.66. The zero-order valence-electron chi connectivity index (χ0n) is 13.1. The maximum absolute atomic E-state index is 12.2. The van der Waals surface area contributed by atoms with Crippen molar-refractivity contribution in [3.8, 4) is 0 Å². The van der Waals surface area contributed by atoms with Crippen LogP contribution in [0.1, 0.15) is 31.1 Å². The van der Waals surface area contributed by atoms with Gasteiger partial charge in [-0.1, -0.05) is 18.2 Å². The first-order valence-electron chi connectivity index (χ1n) is 7.70. The molecule has 0 saturated heterocycles. The molecule has 3 aromatic rings. The third-order valence-electron chi connectivity index (χ3n) is 4.10. The molecule has 7 heteroatoms. The van der Waals surface area contributed by atoms with E-state index in [-0.39, 0.29) is 25.0 Å². The number of aromatic amines is 1. The van der Waals surface area contributed by atoms with Gasteiger partial charge in [0.2, 0.25) is 0 Å². The van der Waals surface area contributed by atoms with Gasteiger partial charge in [-0.2, -0.15) is 5.10 Å². The summed E-state index contributed by atoms with van der Waals surface area (Å²) in [7, 11) is 0. The van der Waals surface area contributed by atoms with Crippen molar-refractivity contribution in [3.63, 3.8) is 0 Å². The SMILES string of the molecule is O=C(OCCN1C(=O)c2ccccc2C1=O)c1ccc2cn[nH]c2c1. The van der Waals surface area contributed by atoms with Crippen LogP contribution in [-0.2, 0) is 4.74 Å². The Labute approximate surface area is 142 Å². The van der Waals surface area contributed by atoms with Gasteiger partial charge < -0.3 is 4.74 Å². The minimum absolute atomic E-state index is 0.0182. The molecule has 25 heavy (non-hydrogen) atoms. The molecule has 0 aliphatic carbocycles. The minimum atomic E-state index is -0.520. The zero-order chi connectivity index (χ0) is 17.4. The lowest BCUT2D eigenvalue weighted by molar-refractivity contribution is 0.0420. The Morgan fingerprint density at radius 2 is 1.80 bits per heavy atom. The van der Waals surface area contributed by atoms with Gasteiger partial charge >= 0.3 is 5.97 Å². The molecule has 0 bridgehead atoms. The highest BCUT2D eigenvalue weighted by atomic mass is 16.5. The van der Waals surface area contributed by atoms with Crippen molar-refractivity contribution >= 4 is 28.7 Å². The number of carbonyl (C=O) groups is 3. The molecule has 0 atom stereocenters. The van der Waals surface area contributed by atoms with Gasteiger partial charge in [0.15, 0.2) is 0 Å². The van der Waals surface area contributed by atoms with Crippen LogP contribution in [-0.4, -0.2) is 46.0 Å². The number of rotatable bonds is 4. The second kappa shape index (κ2) is 5.86. The summed E-state index contributed by atoms with van der Waals surface area (Å²) < 4.78 is 5.19. The van der Waals surface area contributed by atoms with Crippen LogP contribution in [0.2, 0.25) is 0 Å². The quantitative estimate of drug-likeness (QED) is 0.582. The summed E-state index contributed by atoms with van der Waals surface area (Å²) in [5, 5.41) is 7.57. The molecular formula is C18H13N3O4. The summed E-state index contributed by atoms with van der Waals surface area (Å²) in [6.45, 7) is -0.0459. The number of aromatic nitrogens is 2. The van der Waals surface area contributed by atoms with Crippen LogP contribution in [0.4, 0.5) is 0 Å². The number of nitrogens with zero attached hydrogens (tertiary/aromatic N) is 2. The second-order valence-corrected chi connectivity index (χ2v) is 5.62. The molecule has 0 radical (unpaired) electrons. The van der Waals surface area contributed by atoms with Crippen LogP contribution in [0, 0.1) is 0 Å². The Bertz CT molecular complexity index is 973. The first kappa shape index (κ1) is 15.1. The van der Waals surface area contributed by atoms with Crippen LogP contribution in [0.3, 0.4) is 0 Å². The monoisotopic (exact) mass is 335 g/mol. The Morgan fingerprint density at radius 1 is 1.08 bits per heavy atom. The van der Waals surface area contributed by atoms with Gasteiger partial charge in [-0.25, -0.2) is 4.79 Å². The maximum atomic E-state index is 12.2. The summed E-state index contributed by atoms with van der Waals surface area (Å²) in [5.74, 6) is -1.25. The predicted molar refractivity (Wildman–Crippen MR) is 88.2 cm³/mol. The molecule has 4 rings (SSSR count). The Balaban J connectivity index is 1.40. The standard InChI is InChI=1S/C18H13N3O4/c22-16-13-3-1-2-4-14(13)17(23)21(16)7-8-25-18(24)11-5-6-12-10-19-20-15(12)9-11/h1-6,9-10H,7-8H2,(H,19,20). The molecule has 1 aromatic heterocycles. The van der Waals surface area contributed by atoms with Crippen molar-refractivity contribution < 1.29 is 19.1 Å². The van der Waals surface area contributed by atoms with Gasteiger partial charge in [-0.15, -0.1) is 0 Å². The number of ether oxygens (including phenoxy) is 1. The van der Waals surface area contributed by atoms with Crippen molar-refractivity contribution in [3.05, 3.63) is 65.4 Å². The maximum Gasteiger partial charge on any atom is 0.338 e. The number of fused-ring (bicyclic) bond motifs is 2. The van der Waals surface area contributed by atoms with Gasteiger partial charge in [-0.05, 0) is 24.3 Å². The molecule has 1 aliphatic rings. The van der Waals surface area contributed by atoms with Gasteiger partial charge in [0.1, 0.15) is 6.61 Å². The molecule has 124 valence electrons. The van der Waals surface area contributed by atoms with E-state index < -0.39 is 5.97 Å². The highest BCUT2D eigenvalue weighted by molar-refractivity contribution is 6.21. The zero-order valence-corrected chi connectivity index (χ0v) is 13.1. The number of benzene rings is 2. The Kier molecular flexibility index (Phi) is 3.53.